The fourth-order valence-electron chi connectivity index (χ4n) is 1.45. The molecule has 1 aromatic carbocycles. The quantitative estimate of drug-likeness (QED) is 0.834. The maximum Gasteiger partial charge on any atom is 0.251 e. The number of hydrogen-bond donors (Lipinski definition) is 1. The molecule has 0 fully saturated rings. The van der Waals surface area contributed by atoms with E-state index in [0.29, 0.717) is 17.1 Å². The molecule has 1 aliphatic rings. The fourth-order valence-corrected chi connectivity index (χ4v) is 1.45. The van der Waals surface area contributed by atoms with E-state index in [1.807, 2.05) is 0 Å². The second-order valence-electron chi connectivity index (χ2n) is 4.04. The molecule has 2 amide bonds. The van der Waals surface area contributed by atoms with Gasteiger partial charge in [-0.05, 0) is 18.2 Å². The first-order valence-corrected chi connectivity index (χ1v) is 5.46. The second kappa shape index (κ2) is 4.95. The molecule has 0 spiro atoms. The Bertz CT molecular complexity index is 485. The molecular weight excluding hydrogens is 236 g/mol. The first-order chi connectivity index (χ1) is 8.58. The molecule has 0 atom stereocenters. The summed E-state index contributed by atoms with van der Waals surface area (Å²) in [7, 11) is 3.27. The zero-order chi connectivity index (χ0) is 13.1. The lowest BCUT2D eigenvalue weighted by Crippen LogP contribution is -2.36. The highest BCUT2D eigenvalue weighted by molar-refractivity contribution is 5.97. The highest BCUT2D eigenvalue weighted by atomic mass is 16.7. The number of rotatable bonds is 3. The minimum Gasteiger partial charge on any atom is -0.454 e. The summed E-state index contributed by atoms with van der Waals surface area (Å²) >= 11 is 0. The molecule has 2 rings (SSSR count). The number of nitrogens with zero attached hydrogens (tertiary/aromatic N) is 1. The van der Waals surface area contributed by atoms with Crippen LogP contribution in [-0.4, -0.2) is 44.1 Å². The van der Waals surface area contributed by atoms with E-state index in [-0.39, 0.29) is 25.2 Å². The number of nitrogens with one attached hydrogen (secondary N) is 1. The van der Waals surface area contributed by atoms with E-state index in [2.05, 4.69) is 5.32 Å². The van der Waals surface area contributed by atoms with Crippen molar-refractivity contribution in [3.05, 3.63) is 23.8 Å². The average Bonchev–Trinajstić information content (AvgIpc) is 2.82. The number of likely N-dealkylation sites (N-methyl/N-ethyl adjacent to an activating group) is 1. The van der Waals surface area contributed by atoms with Crippen LogP contribution in [0.1, 0.15) is 10.4 Å². The zero-order valence-corrected chi connectivity index (χ0v) is 10.2. The lowest BCUT2D eigenvalue weighted by Gasteiger charge is -2.11. The van der Waals surface area contributed by atoms with E-state index in [0.717, 1.165) is 0 Å². The minimum absolute atomic E-state index is 0.0275. The predicted molar refractivity (Wildman–Crippen MR) is 63.6 cm³/mol. The first-order valence-electron chi connectivity index (χ1n) is 5.46. The van der Waals surface area contributed by atoms with Crippen molar-refractivity contribution in [1.82, 2.24) is 10.2 Å². The summed E-state index contributed by atoms with van der Waals surface area (Å²) in [6, 6.07) is 4.89. The van der Waals surface area contributed by atoms with Crippen molar-refractivity contribution in [3.63, 3.8) is 0 Å². The lowest BCUT2D eigenvalue weighted by molar-refractivity contribution is -0.127. The van der Waals surface area contributed by atoms with Gasteiger partial charge in [0.1, 0.15) is 0 Å². The molecule has 0 saturated carbocycles. The SMILES string of the molecule is CN(C)C(=O)CNC(=O)c1ccc2c(c1)OCO2. The highest BCUT2D eigenvalue weighted by Crippen LogP contribution is 2.32. The molecule has 1 aliphatic heterocycles. The lowest BCUT2D eigenvalue weighted by atomic mass is 10.2. The van der Waals surface area contributed by atoms with Crippen molar-refractivity contribution in [2.24, 2.45) is 0 Å². The van der Waals surface area contributed by atoms with Gasteiger partial charge in [0.2, 0.25) is 12.7 Å². The number of carbonyl (C=O) groups is 2. The van der Waals surface area contributed by atoms with Crippen LogP contribution in [-0.2, 0) is 4.79 Å². The van der Waals surface area contributed by atoms with Gasteiger partial charge in [0.25, 0.3) is 5.91 Å². The Kier molecular flexibility index (Phi) is 3.36. The van der Waals surface area contributed by atoms with Gasteiger partial charge in [-0.3, -0.25) is 9.59 Å². The van der Waals surface area contributed by atoms with Gasteiger partial charge in [-0.25, -0.2) is 0 Å². The van der Waals surface area contributed by atoms with Gasteiger partial charge < -0.3 is 19.7 Å². The van der Waals surface area contributed by atoms with Crippen LogP contribution >= 0.6 is 0 Å². The molecule has 0 aliphatic carbocycles. The molecule has 0 bridgehead atoms. The van der Waals surface area contributed by atoms with E-state index in [1.54, 1.807) is 32.3 Å². The average molecular weight is 250 g/mol. The van der Waals surface area contributed by atoms with Crippen LogP contribution in [0.25, 0.3) is 0 Å². The zero-order valence-electron chi connectivity index (χ0n) is 10.2. The van der Waals surface area contributed by atoms with Gasteiger partial charge in [-0.15, -0.1) is 0 Å². The number of benzene rings is 1. The molecule has 0 unspecified atom stereocenters. The fraction of sp³-hybridized carbons (Fsp3) is 0.333. The molecule has 1 aromatic rings. The summed E-state index contributed by atoms with van der Waals surface area (Å²) in [5.41, 5.74) is 0.436. The second-order valence-corrected chi connectivity index (χ2v) is 4.04. The summed E-state index contributed by atoms with van der Waals surface area (Å²) in [5.74, 6) is 0.685. The molecule has 18 heavy (non-hydrogen) atoms. The molecule has 1 heterocycles. The number of carbonyl (C=O) groups excluding carboxylic acids is 2. The Morgan fingerprint density at radius 2 is 2.00 bits per heavy atom. The third-order valence-electron chi connectivity index (χ3n) is 2.53. The van der Waals surface area contributed by atoms with Crippen LogP contribution in [0.5, 0.6) is 11.5 Å². The van der Waals surface area contributed by atoms with Gasteiger partial charge in [0, 0.05) is 19.7 Å². The van der Waals surface area contributed by atoms with E-state index >= 15 is 0 Å². The largest absolute Gasteiger partial charge is 0.454 e. The number of ether oxygens (including phenoxy) is 2. The summed E-state index contributed by atoms with van der Waals surface area (Å²) in [6.07, 6.45) is 0. The molecule has 0 aromatic heterocycles. The van der Waals surface area contributed by atoms with Gasteiger partial charge in [-0.2, -0.15) is 0 Å². The summed E-state index contributed by atoms with van der Waals surface area (Å²) < 4.78 is 10.3. The van der Waals surface area contributed by atoms with Crippen LogP contribution in [0.3, 0.4) is 0 Å². The molecule has 0 saturated heterocycles. The molecule has 1 N–H and O–H groups in total. The smallest absolute Gasteiger partial charge is 0.251 e. The van der Waals surface area contributed by atoms with Crippen LogP contribution in [0.4, 0.5) is 0 Å². The molecule has 6 heteroatoms. The normalized spacial score (nSPS) is 12.1. The van der Waals surface area contributed by atoms with E-state index in [4.69, 9.17) is 9.47 Å². The predicted octanol–water partition coefficient (Wildman–Crippen LogP) is 0.233. The maximum atomic E-state index is 11.8. The Labute approximate surface area is 104 Å². The third-order valence-corrected chi connectivity index (χ3v) is 2.53. The van der Waals surface area contributed by atoms with Gasteiger partial charge in [0.05, 0.1) is 6.54 Å². The van der Waals surface area contributed by atoms with E-state index in [1.165, 1.54) is 4.90 Å². The standard InChI is InChI=1S/C12H14N2O4/c1-14(2)11(15)6-13-12(16)8-3-4-9-10(5-8)18-7-17-9/h3-5H,6-7H2,1-2H3,(H,13,16). The van der Waals surface area contributed by atoms with Crippen molar-refractivity contribution in [3.8, 4) is 11.5 Å². The Hall–Kier alpha value is -2.24. The Balaban J connectivity index is 1.99. The number of fused-ring (bicyclic) bond motifs is 1. The minimum atomic E-state index is -0.316. The van der Waals surface area contributed by atoms with Crippen molar-refractivity contribution >= 4 is 11.8 Å². The van der Waals surface area contributed by atoms with Crippen LogP contribution in [0, 0.1) is 0 Å². The Morgan fingerprint density at radius 1 is 1.28 bits per heavy atom. The highest BCUT2D eigenvalue weighted by Gasteiger charge is 2.16. The van der Waals surface area contributed by atoms with Crippen LogP contribution in [0.2, 0.25) is 0 Å². The number of amides is 2. The van der Waals surface area contributed by atoms with E-state index < -0.39 is 0 Å². The Morgan fingerprint density at radius 3 is 2.72 bits per heavy atom. The number of hydrogen-bond acceptors (Lipinski definition) is 4. The van der Waals surface area contributed by atoms with Crippen molar-refractivity contribution in [1.29, 1.82) is 0 Å². The van der Waals surface area contributed by atoms with Gasteiger partial charge in [0.15, 0.2) is 11.5 Å². The van der Waals surface area contributed by atoms with Crippen LogP contribution in [0.15, 0.2) is 18.2 Å². The van der Waals surface area contributed by atoms with Crippen molar-refractivity contribution < 1.29 is 19.1 Å². The van der Waals surface area contributed by atoms with Crippen molar-refractivity contribution in [2.75, 3.05) is 27.4 Å². The van der Waals surface area contributed by atoms with E-state index in [9.17, 15) is 9.59 Å². The van der Waals surface area contributed by atoms with Crippen molar-refractivity contribution in [2.45, 2.75) is 0 Å². The first kappa shape index (κ1) is 12.2. The van der Waals surface area contributed by atoms with Gasteiger partial charge in [-0.1, -0.05) is 0 Å². The molecule has 0 radical (unpaired) electrons. The van der Waals surface area contributed by atoms with Crippen LogP contribution < -0.4 is 14.8 Å². The topological polar surface area (TPSA) is 67.9 Å². The maximum absolute atomic E-state index is 11.8. The summed E-state index contributed by atoms with van der Waals surface area (Å²) in [5, 5.41) is 2.54. The molecule has 6 nitrogen and oxygen atoms in total. The molecule has 96 valence electrons. The summed E-state index contributed by atoms with van der Waals surface area (Å²) in [6.45, 7) is 0.139. The third kappa shape index (κ3) is 2.53. The van der Waals surface area contributed by atoms with Gasteiger partial charge >= 0.3 is 0 Å². The monoisotopic (exact) mass is 250 g/mol. The molecular formula is C12H14N2O4. The summed E-state index contributed by atoms with van der Waals surface area (Å²) in [4.78, 5) is 24.5.